The molecule has 0 radical (unpaired) electrons. The Bertz CT molecular complexity index is 1340. The number of nitrogens with zero attached hydrogens (tertiary/aromatic N) is 2. The number of carbonyl (C=O) groups excluding carboxylic acids is 2. The Morgan fingerprint density at radius 2 is 1.47 bits per heavy atom. The van der Waals surface area contributed by atoms with E-state index in [9.17, 15) is 18.0 Å². The zero-order valence-electron chi connectivity index (χ0n) is 21.6. The Morgan fingerprint density at radius 1 is 0.816 bits per heavy atom. The standard InChI is InChI=1S/C29H34N4O4S/c1-2-3-17-30-29(35)26-11-7-8-12-27(26)31-28(34)24-15-13-23(14-16-24)22-32-18-20-33(21-19-32)38(36,37)25-9-5-4-6-10-25/h4-16H,2-3,17-22H2,1H3,(H,30,35)(H,31,34). The molecule has 0 atom stereocenters. The van der Waals surface area contributed by atoms with Gasteiger partial charge in [0.2, 0.25) is 10.0 Å². The summed E-state index contributed by atoms with van der Waals surface area (Å²) in [6, 6.07) is 22.9. The van der Waals surface area contributed by atoms with Gasteiger partial charge >= 0.3 is 0 Å². The highest BCUT2D eigenvalue weighted by atomic mass is 32.2. The molecule has 200 valence electrons. The summed E-state index contributed by atoms with van der Waals surface area (Å²) < 4.78 is 27.2. The number of hydrogen-bond donors (Lipinski definition) is 2. The van der Waals surface area contributed by atoms with Gasteiger partial charge in [-0.1, -0.05) is 55.8 Å². The number of piperazine rings is 1. The monoisotopic (exact) mass is 534 g/mol. The van der Waals surface area contributed by atoms with Crippen LogP contribution in [0.15, 0.2) is 83.8 Å². The number of hydrogen-bond acceptors (Lipinski definition) is 5. The topological polar surface area (TPSA) is 98.8 Å². The smallest absolute Gasteiger partial charge is 0.255 e. The molecule has 0 aliphatic carbocycles. The molecular weight excluding hydrogens is 500 g/mol. The van der Waals surface area contributed by atoms with E-state index in [0.717, 1.165) is 18.4 Å². The summed E-state index contributed by atoms with van der Waals surface area (Å²) in [4.78, 5) is 27.9. The van der Waals surface area contributed by atoms with Crippen LogP contribution in [-0.2, 0) is 16.6 Å². The van der Waals surface area contributed by atoms with Crippen molar-refractivity contribution in [2.75, 3.05) is 38.0 Å². The van der Waals surface area contributed by atoms with Crippen molar-refractivity contribution in [1.82, 2.24) is 14.5 Å². The van der Waals surface area contributed by atoms with Crippen LogP contribution in [0.3, 0.4) is 0 Å². The van der Waals surface area contributed by atoms with E-state index >= 15 is 0 Å². The normalized spacial score (nSPS) is 14.7. The number of benzene rings is 3. The van der Waals surface area contributed by atoms with E-state index in [1.165, 1.54) is 4.31 Å². The first kappa shape index (κ1) is 27.5. The van der Waals surface area contributed by atoms with Crippen LogP contribution in [0.5, 0.6) is 0 Å². The zero-order valence-corrected chi connectivity index (χ0v) is 22.4. The molecule has 0 bridgehead atoms. The molecule has 1 saturated heterocycles. The van der Waals surface area contributed by atoms with Gasteiger partial charge in [-0.3, -0.25) is 14.5 Å². The van der Waals surface area contributed by atoms with Crippen LogP contribution >= 0.6 is 0 Å². The summed E-state index contributed by atoms with van der Waals surface area (Å²) in [6.45, 7) is 5.45. The van der Waals surface area contributed by atoms with E-state index in [1.807, 2.05) is 12.1 Å². The van der Waals surface area contributed by atoms with Crippen LogP contribution in [0, 0.1) is 0 Å². The fourth-order valence-corrected chi connectivity index (χ4v) is 5.79. The highest BCUT2D eigenvalue weighted by molar-refractivity contribution is 7.89. The maximum atomic E-state index is 12.9. The maximum Gasteiger partial charge on any atom is 0.255 e. The molecule has 1 heterocycles. The number of para-hydroxylation sites is 1. The lowest BCUT2D eigenvalue weighted by molar-refractivity contribution is 0.0954. The summed E-state index contributed by atoms with van der Waals surface area (Å²) >= 11 is 0. The summed E-state index contributed by atoms with van der Waals surface area (Å²) in [5, 5.41) is 5.75. The lowest BCUT2D eigenvalue weighted by Gasteiger charge is -2.34. The van der Waals surface area contributed by atoms with Gasteiger partial charge < -0.3 is 10.6 Å². The third-order valence-electron chi connectivity index (χ3n) is 6.57. The zero-order chi connectivity index (χ0) is 27.0. The van der Waals surface area contributed by atoms with Crippen LogP contribution in [0.2, 0.25) is 0 Å². The minimum Gasteiger partial charge on any atom is -0.352 e. The first-order valence-corrected chi connectivity index (χ1v) is 14.4. The second-order valence-electron chi connectivity index (χ2n) is 9.30. The Hall–Kier alpha value is -3.53. The van der Waals surface area contributed by atoms with E-state index in [-0.39, 0.29) is 11.8 Å². The Balaban J connectivity index is 1.31. The Labute approximate surface area is 224 Å². The van der Waals surface area contributed by atoms with Gasteiger partial charge in [-0.2, -0.15) is 4.31 Å². The highest BCUT2D eigenvalue weighted by Crippen LogP contribution is 2.19. The molecule has 1 aliphatic rings. The molecule has 0 unspecified atom stereocenters. The van der Waals surface area contributed by atoms with Crippen molar-refractivity contribution in [3.63, 3.8) is 0 Å². The molecule has 3 aromatic rings. The van der Waals surface area contributed by atoms with Crippen molar-refractivity contribution in [2.24, 2.45) is 0 Å². The molecule has 9 heteroatoms. The van der Waals surface area contributed by atoms with Crippen LogP contribution in [0.25, 0.3) is 0 Å². The SMILES string of the molecule is CCCCNC(=O)c1ccccc1NC(=O)c1ccc(CN2CCN(S(=O)(=O)c3ccccc3)CC2)cc1. The molecule has 1 fully saturated rings. The molecule has 0 spiro atoms. The number of rotatable bonds is 10. The lowest BCUT2D eigenvalue weighted by Crippen LogP contribution is -2.48. The first-order chi connectivity index (χ1) is 18.4. The fraction of sp³-hybridized carbons (Fsp3) is 0.310. The molecule has 2 N–H and O–H groups in total. The maximum absolute atomic E-state index is 12.9. The van der Waals surface area contributed by atoms with Gasteiger partial charge in [-0.25, -0.2) is 8.42 Å². The van der Waals surface area contributed by atoms with Crippen LogP contribution < -0.4 is 10.6 Å². The quantitative estimate of drug-likeness (QED) is 0.384. The molecule has 4 rings (SSSR count). The molecule has 0 aromatic heterocycles. The predicted octanol–water partition coefficient (Wildman–Crippen LogP) is 3.98. The van der Waals surface area contributed by atoms with Crippen molar-refractivity contribution in [1.29, 1.82) is 0 Å². The number of nitrogens with one attached hydrogen (secondary N) is 2. The third-order valence-corrected chi connectivity index (χ3v) is 8.48. The molecule has 2 amide bonds. The Morgan fingerprint density at radius 3 is 2.16 bits per heavy atom. The largest absolute Gasteiger partial charge is 0.352 e. The molecule has 8 nitrogen and oxygen atoms in total. The second kappa shape index (κ2) is 12.8. The fourth-order valence-electron chi connectivity index (χ4n) is 4.35. The highest BCUT2D eigenvalue weighted by Gasteiger charge is 2.28. The van der Waals surface area contributed by atoms with Crippen molar-refractivity contribution >= 4 is 27.5 Å². The number of carbonyl (C=O) groups is 2. The second-order valence-corrected chi connectivity index (χ2v) is 11.2. The van der Waals surface area contributed by atoms with Gasteiger partial charge in [-0.15, -0.1) is 0 Å². The third kappa shape index (κ3) is 6.86. The first-order valence-electron chi connectivity index (χ1n) is 12.9. The van der Waals surface area contributed by atoms with Crippen LogP contribution in [0.4, 0.5) is 5.69 Å². The molecule has 1 aliphatic heterocycles. The van der Waals surface area contributed by atoms with Gasteiger partial charge in [0.05, 0.1) is 16.1 Å². The summed E-state index contributed by atoms with van der Waals surface area (Å²) in [5.74, 6) is -0.494. The van der Waals surface area contributed by atoms with Gasteiger partial charge in [0.15, 0.2) is 0 Å². The number of unbranched alkanes of at least 4 members (excludes halogenated alkanes) is 1. The molecule has 3 aromatic carbocycles. The molecule has 0 saturated carbocycles. The van der Waals surface area contributed by atoms with E-state index in [2.05, 4.69) is 22.5 Å². The summed E-state index contributed by atoms with van der Waals surface area (Å²) in [5.41, 5.74) is 2.44. The van der Waals surface area contributed by atoms with E-state index in [4.69, 9.17) is 0 Å². The van der Waals surface area contributed by atoms with Gasteiger partial charge in [-0.05, 0) is 48.4 Å². The summed E-state index contributed by atoms with van der Waals surface area (Å²) in [6.07, 6.45) is 1.89. The number of anilines is 1. The minimum absolute atomic E-state index is 0.207. The van der Waals surface area contributed by atoms with E-state index in [0.29, 0.717) is 61.0 Å². The van der Waals surface area contributed by atoms with Crippen LogP contribution in [0.1, 0.15) is 46.0 Å². The number of amides is 2. The summed E-state index contributed by atoms with van der Waals surface area (Å²) in [7, 11) is -3.48. The van der Waals surface area contributed by atoms with Gasteiger partial charge in [0.1, 0.15) is 0 Å². The van der Waals surface area contributed by atoms with E-state index in [1.54, 1.807) is 66.7 Å². The van der Waals surface area contributed by atoms with Crippen molar-refractivity contribution in [3.8, 4) is 0 Å². The van der Waals surface area contributed by atoms with Gasteiger partial charge in [0.25, 0.3) is 11.8 Å². The average Bonchev–Trinajstić information content (AvgIpc) is 2.94. The Kier molecular flexibility index (Phi) is 9.28. The predicted molar refractivity (Wildman–Crippen MR) is 149 cm³/mol. The van der Waals surface area contributed by atoms with Crippen molar-refractivity contribution in [3.05, 3.63) is 95.6 Å². The minimum atomic E-state index is -3.48. The van der Waals surface area contributed by atoms with Gasteiger partial charge in [0, 0.05) is 44.8 Å². The number of sulfonamides is 1. The van der Waals surface area contributed by atoms with Crippen molar-refractivity contribution < 1.29 is 18.0 Å². The van der Waals surface area contributed by atoms with Crippen LogP contribution in [-0.4, -0.2) is 62.2 Å². The molecular formula is C29H34N4O4S. The lowest BCUT2D eigenvalue weighted by atomic mass is 10.1. The van der Waals surface area contributed by atoms with E-state index < -0.39 is 10.0 Å². The molecule has 38 heavy (non-hydrogen) atoms. The average molecular weight is 535 g/mol. The van der Waals surface area contributed by atoms with Crippen molar-refractivity contribution in [2.45, 2.75) is 31.2 Å².